The maximum Gasteiger partial charge on any atom is 0.221 e. The standard InChI is InChI=1S/C10H18NO4P/c1-3-15-16(2,14)7-6-8-9(12)4-5-10(13)11-8/h8H,3-7H2,1-2H3,(H,11,13). The Balaban J connectivity index is 2.44. The van der Waals surface area contributed by atoms with Crippen molar-refractivity contribution in [2.75, 3.05) is 19.4 Å². The molecule has 0 aliphatic carbocycles. The average molecular weight is 247 g/mol. The lowest BCUT2D eigenvalue weighted by Crippen LogP contribution is -2.45. The molecule has 0 aromatic heterocycles. The van der Waals surface area contributed by atoms with Gasteiger partial charge < -0.3 is 9.84 Å². The van der Waals surface area contributed by atoms with E-state index in [-0.39, 0.29) is 18.1 Å². The van der Waals surface area contributed by atoms with Crippen LogP contribution < -0.4 is 5.32 Å². The van der Waals surface area contributed by atoms with Crippen LogP contribution in [0.2, 0.25) is 0 Å². The van der Waals surface area contributed by atoms with E-state index in [1.807, 2.05) is 0 Å². The molecule has 0 bridgehead atoms. The number of rotatable bonds is 5. The summed E-state index contributed by atoms with van der Waals surface area (Å²) in [5.74, 6) is -0.0805. The minimum atomic E-state index is -2.61. The Kier molecular flexibility index (Phi) is 4.69. The van der Waals surface area contributed by atoms with Crippen LogP contribution in [-0.4, -0.2) is 37.2 Å². The number of nitrogens with one attached hydrogen (secondary N) is 1. The van der Waals surface area contributed by atoms with Crippen molar-refractivity contribution in [1.29, 1.82) is 0 Å². The monoisotopic (exact) mass is 247 g/mol. The first-order valence-electron chi connectivity index (χ1n) is 5.48. The van der Waals surface area contributed by atoms with Crippen molar-refractivity contribution >= 4 is 19.1 Å². The summed E-state index contributed by atoms with van der Waals surface area (Å²) < 4.78 is 16.9. The highest BCUT2D eigenvalue weighted by molar-refractivity contribution is 7.58. The quantitative estimate of drug-likeness (QED) is 0.740. The Morgan fingerprint density at radius 3 is 2.75 bits per heavy atom. The first-order valence-corrected chi connectivity index (χ1v) is 7.73. The lowest BCUT2D eigenvalue weighted by Gasteiger charge is -2.23. The Morgan fingerprint density at radius 2 is 2.12 bits per heavy atom. The molecular formula is C10H18NO4P. The molecule has 0 saturated carbocycles. The van der Waals surface area contributed by atoms with E-state index in [1.54, 1.807) is 13.6 Å². The predicted molar refractivity (Wildman–Crippen MR) is 60.8 cm³/mol. The van der Waals surface area contributed by atoms with Crippen LogP contribution in [-0.2, 0) is 18.7 Å². The molecular weight excluding hydrogens is 229 g/mol. The summed E-state index contributed by atoms with van der Waals surface area (Å²) in [5, 5.41) is 2.62. The van der Waals surface area contributed by atoms with Gasteiger partial charge in [0.15, 0.2) is 13.2 Å². The predicted octanol–water partition coefficient (Wildman–Crippen LogP) is 1.17. The van der Waals surface area contributed by atoms with E-state index < -0.39 is 13.4 Å². The van der Waals surface area contributed by atoms with Gasteiger partial charge in [0.2, 0.25) is 5.91 Å². The number of hydrogen-bond acceptors (Lipinski definition) is 4. The largest absolute Gasteiger partial charge is 0.346 e. The molecule has 1 saturated heterocycles. The zero-order valence-corrected chi connectivity index (χ0v) is 10.6. The fourth-order valence-corrected chi connectivity index (χ4v) is 3.09. The van der Waals surface area contributed by atoms with Crippen LogP contribution in [0, 0.1) is 0 Å². The number of Topliss-reactive ketones (excluding diaryl/α,β-unsaturated/α-hetero) is 1. The molecule has 2 atom stereocenters. The van der Waals surface area contributed by atoms with Gasteiger partial charge in [-0.25, -0.2) is 0 Å². The maximum absolute atomic E-state index is 11.8. The molecule has 1 aliphatic rings. The molecule has 1 amide bonds. The van der Waals surface area contributed by atoms with E-state index in [1.165, 1.54) is 0 Å². The van der Waals surface area contributed by atoms with Gasteiger partial charge in [-0.15, -0.1) is 0 Å². The van der Waals surface area contributed by atoms with Gasteiger partial charge in [-0.05, 0) is 13.3 Å². The van der Waals surface area contributed by atoms with Crippen molar-refractivity contribution < 1.29 is 18.7 Å². The number of carbonyl (C=O) groups excluding carboxylic acids is 2. The molecule has 0 spiro atoms. The second kappa shape index (κ2) is 5.60. The minimum absolute atomic E-state index is 0.0242. The van der Waals surface area contributed by atoms with Gasteiger partial charge >= 0.3 is 0 Å². The lowest BCUT2D eigenvalue weighted by molar-refractivity contribution is -0.132. The molecule has 0 radical (unpaired) electrons. The Bertz CT molecular complexity index is 329. The van der Waals surface area contributed by atoms with Gasteiger partial charge in [-0.2, -0.15) is 0 Å². The Labute approximate surface area is 95.4 Å². The van der Waals surface area contributed by atoms with Crippen LogP contribution in [0.4, 0.5) is 0 Å². The first kappa shape index (κ1) is 13.4. The van der Waals surface area contributed by atoms with E-state index in [0.717, 1.165) is 0 Å². The molecule has 1 heterocycles. The van der Waals surface area contributed by atoms with Crippen LogP contribution in [0.5, 0.6) is 0 Å². The van der Waals surface area contributed by atoms with Crippen LogP contribution in [0.3, 0.4) is 0 Å². The SMILES string of the molecule is CCOP(C)(=O)CCC1NC(=O)CCC1=O. The van der Waals surface area contributed by atoms with E-state index in [4.69, 9.17) is 4.52 Å². The van der Waals surface area contributed by atoms with E-state index >= 15 is 0 Å². The smallest absolute Gasteiger partial charge is 0.221 e. The summed E-state index contributed by atoms with van der Waals surface area (Å²) in [6.45, 7) is 3.74. The molecule has 5 nitrogen and oxygen atoms in total. The lowest BCUT2D eigenvalue weighted by atomic mass is 10.0. The van der Waals surface area contributed by atoms with Gasteiger partial charge in [-0.1, -0.05) is 0 Å². The van der Waals surface area contributed by atoms with Crippen LogP contribution in [0.1, 0.15) is 26.2 Å². The molecule has 0 aromatic rings. The second-order valence-electron chi connectivity index (χ2n) is 4.03. The van der Waals surface area contributed by atoms with Crippen molar-refractivity contribution in [3.05, 3.63) is 0 Å². The zero-order valence-electron chi connectivity index (χ0n) is 9.69. The van der Waals surface area contributed by atoms with E-state index in [0.29, 0.717) is 25.6 Å². The highest BCUT2D eigenvalue weighted by atomic mass is 31.2. The zero-order chi connectivity index (χ0) is 12.2. The van der Waals surface area contributed by atoms with Crippen molar-refractivity contribution in [1.82, 2.24) is 5.32 Å². The van der Waals surface area contributed by atoms with Crippen LogP contribution in [0.15, 0.2) is 0 Å². The number of amides is 1. The Hall–Kier alpha value is -0.670. The highest BCUT2D eigenvalue weighted by Gasteiger charge is 2.28. The van der Waals surface area contributed by atoms with E-state index in [2.05, 4.69) is 5.32 Å². The third-order valence-corrected chi connectivity index (χ3v) is 4.42. The molecule has 1 rings (SSSR count). The first-order chi connectivity index (χ1) is 7.44. The molecule has 0 aromatic carbocycles. The summed E-state index contributed by atoms with van der Waals surface area (Å²) in [6.07, 6.45) is 1.29. The fourth-order valence-electron chi connectivity index (χ4n) is 1.69. The topological polar surface area (TPSA) is 72.5 Å². The van der Waals surface area contributed by atoms with Crippen LogP contribution >= 0.6 is 7.37 Å². The third kappa shape index (κ3) is 4.06. The molecule has 1 aliphatic heterocycles. The van der Waals surface area contributed by atoms with Crippen molar-refractivity contribution in [3.8, 4) is 0 Å². The van der Waals surface area contributed by atoms with Crippen LogP contribution in [0.25, 0.3) is 0 Å². The third-order valence-electron chi connectivity index (χ3n) is 2.55. The molecule has 6 heteroatoms. The second-order valence-corrected chi connectivity index (χ2v) is 6.76. The molecule has 16 heavy (non-hydrogen) atoms. The number of ketones is 1. The van der Waals surface area contributed by atoms with Gasteiger partial charge in [0, 0.05) is 25.7 Å². The highest BCUT2D eigenvalue weighted by Crippen LogP contribution is 2.43. The molecule has 2 unspecified atom stereocenters. The fraction of sp³-hybridized carbons (Fsp3) is 0.800. The average Bonchev–Trinajstić information content (AvgIpc) is 2.19. The van der Waals surface area contributed by atoms with Gasteiger partial charge in [0.1, 0.15) is 0 Å². The summed E-state index contributed by atoms with van der Waals surface area (Å²) in [7, 11) is -2.61. The van der Waals surface area contributed by atoms with Crippen molar-refractivity contribution in [2.45, 2.75) is 32.2 Å². The summed E-state index contributed by atoms with van der Waals surface area (Å²) in [6, 6.07) is -0.477. The Morgan fingerprint density at radius 1 is 1.44 bits per heavy atom. The normalized spacial score (nSPS) is 25.0. The number of hydrogen-bond donors (Lipinski definition) is 1. The van der Waals surface area contributed by atoms with Crippen molar-refractivity contribution in [2.24, 2.45) is 0 Å². The molecule has 1 fully saturated rings. The van der Waals surface area contributed by atoms with Gasteiger partial charge in [0.05, 0.1) is 12.6 Å². The van der Waals surface area contributed by atoms with E-state index in [9.17, 15) is 14.2 Å². The van der Waals surface area contributed by atoms with Gasteiger partial charge in [-0.3, -0.25) is 14.2 Å². The van der Waals surface area contributed by atoms with Gasteiger partial charge in [0.25, 0.3) is 0 Å². The summed E-state index contributed by atoms with van der Waals surface area (Å²) in [4.78, 5) is 22.6. The minimum Gasteiger partial charge on any atom is -0.346 e. The van der Waals surface area contributed by atoms with Crippen molar-refractivity contribution in [3.63, 3.8) is 0 Å². The number of carbonyl (C=O) groups is 2. The molecule has 1 N–H and O–H groups in total. The summed E-state index contributed by atoms with van der Waals surface area (Å²) in [5.41, 5.74) is 0. The molecule has 92 valence electrons. The maximum atomic E-state index is 11.8. The number of piperidine rings is 1. The summed E-state index contributed by atoms with van der Waals surface area (Å²) >= 11 is 0.